The normalized spacial score (nSPS) is 12.8. The first kappa shape index (κ1) is 18.9. The van der Waals surface area contributed by atoms with Crippen LogP contribution in [-0.2, 0) is 22.4 Å². The summed E-state index contributed by atoms with van der Waals surface area (Å²) in [7, 11) is 0. The summed E-state index contributed by atoms with van der Waals surface area (Å²) in [5, 5.41) is 3.54. The van der Waals surface area contributed by atoms with Crippen molar-refractivity contribution in [1.29, 1.82) is 0 Å². The molecule has 29 heavy (non-hydrogen) atoms. The van der Waals surface area contributed by atoms with Gasteiger partial charge in [-0.2, -0.15) is 0 Å². The summed E-state index contributed by atoms with van der Waals surface area (Å²) in [6, 6.07) is 11.4. The zero-order valence-corrected chi connectivity index (χ0v) is 15.9. The van der Waals surface area contributed by atoms with Crippen molar-refractivity contribution < 1.29 is 14.0 Å². The van der Waals surface area contributed by atoms with Gasteiger partial charge in [0.2, 0.25) is 11.8 Å². The fourth-order valence-corrected chi connectivity index (χ4v) is 3.66. The minimum Gasteiger partial charge on any atom is -0.326 e. The number of nitrogens with one attached hydrogen (secondary N) is 2. The number of fused-ring (bicyclic) bond motifs is 2. The first-order valence-corrected chi connectivity index (χ1v) is 9.43. The molecular weight excluding hydrogens is 373 g/mol. The van der Waals surface area contributed by atoms with Crippen LogP contribution < -0.4 is 15.8 Å². The lowest BCUT2D eigenvalue weighted by Gasteiger charge is -2.15. The molecule has 1 aromatic heterocycles. The number of aromatic amines is 1. The van der Waals surface area contributed by atoms with Crippen LogP contribution in [0.5, 0.6) is 0 Å². The molecule has 3 aromatic rings. The SMILES string of the molecule is CC(=O)N1CCc2ccc(NC(=O)CCc3cc4ccc(F)cc4[nH]c3=O)cc21. The van der Waals surface area contributed by atoms with Crippen LogP contribution in [-0.4, -0.2) is 23.3 Å². The number of aromatic nitrogens is 1. The molecule has 0 spiro atoms. The van der Waals surface area contributed by atoms with E-state index in [4.69, 9.17) is 0 Å². The molecule has 2 amide bonds. The van der Waals surface area contributed by atoms with Crippen LogP contribution in [0.2, 0.25) is 0 Å². The Hall–Kier alpha value is -3.48. The molecule has 2 N–H and O–H groups in total. The Labute approximate surface area is 166 Å². The van der Waals surface area contributed by atoms with E-state index < -0.39 is 5.82 Å². The smallest absolute Gasteiger partial charge is 0.251 e. The predicted octanol–water partition coefficient (Wildman–Crippen LogP) is 3.15. The van der Waals surface area contributed by atoms with Crippen LogP contribution in [0.15, 0.2) is 47.3 Å². The number of halogens is 1. The molecular formula is C22H20FN3O3. The van der Waals surface area contributed by atoms with E-state index in [-0.39, 0.29) is 30.2 Å². The average molecular weight is 393 g/mol. The molecule has 148 valence electrons. The first-order valence-electron chi connectivity index (χ1n) is 9.43. The zero-order valence-electron chi connectivity index (χ0n) is 15.9. The molecule has 4 rings (SSSR count). The Morgan fingerprint density at radius 1 is 1.17 bits per heavy atom. The van der Waals surface area contributed by atoms with Crippen LogP contribution in [0, 0.1) is 5.82 Å². The zero-order chi connectivity index (χ0) is 20.5. The number of nitrogens with zero attached hydrogens (tertiary/aromatic N) is 1. The molecule has 0 atom stereocenters. The molecule has 6 nitrogen and oxygen atoms in total. The van der Waals surface area contributed by atoms with E-state index in [0.717, 1.165) is 17.7 Å². The second kappa shape index (κ2) is 7.50. The van der Waals surface area contributed by atoms with Gasteiger partial charge in [0.05, 0.1) is 5.52 Å². The van der Waals surface area contributed by atoms with Gasteiger partial charge in [-0.3, -0.25) is 14.4 Å². The number of anilines is 2. The van der Waals surface area contributed by atoms with Crippen LogP contribution in [0.4, 0.5) is 15.8 Å². The quantitative estimate of drug-likeness (QED) is 0.714. The van der Waals surface area contributed by atoms with Gasteiger partial charge >= 0.3 is 0 Å². The van der Waals surface area contributed by atoms with E-state index in [2.05, 4.69) is 10.3 Å². The van der Waals surface area contributed by atoms with E-state index in [0.29, 0.717) is 28.7 Å². The van der Waals surface area contributed by atoms with Crippen molar-refractivity contribution in [3.05, 3.63) is 69.8 Å². The molecule has 0 saturated heterocycles. The Morgan fingerprint density at radius 3 is 2.79 bits per heavy atom. The number of hydrogen-bond acceptors (Lipinski definition) is 3. The van der Waals surface area contributed by atoms with Crippen molar-refractivity contribution in [2.75, 3.05) is 16.8 Å². The number of H-pyrrole nitrogens is 1. The number of benzene rings is 2. The minimum atomic E-state index is -0.419. The standard InChI is InChI=1S/C22H20FN3O3/c1-13(27)26-9-8-14-3-6-18(12-20(14)26)24-21(28)7-4-16-10-15-2-5-17(23)11-19(15)25-22(16)29/h2-3,5-6,10-12H,4,7-9H2,1H3,(H,24,28)(H,25,29). The molecule has 0 bridgehead atoms. The van der Waals surface area contributed by atoms with Crippen LogP contribution in [0.1, 0.15) is 24.5 Å². The van der Waals surface area contributed by atoms with E-state index in [1.54, 1.807) is 23.1 Å². The molecule has 0 unspecified atom stereocenters. The van der Waals surface area contributed by atoms with Gasteiger partial charge < -0.3 is 15.2 Å². The van der Waals surface area contributed by atoms with Crippen LogP contribution in [0.25, 0.3) is 10.9 Å². The number of aryl methyl sites for hydroxylation is 1. The van der Waals surface area contributed by atoms with Gasteiger partial charge in [0, 0.05) is 36.8 Å². The third-order valence-electron chi connectivity index (χ3n) is 5.15. The monoisotopic (exact) mass is 393 g/mol. The molecule has 0 radical (unpaired) electrons. The topological polar surface area (TPSA) is 82.3 Å². The molecule has 0 saturated carbocycles. The fraction of sp³-hybridized carbons (Fsp3) is 0.227. The largest absolute Gasteiger partial charge is 0.326 e. The van der Waals surface area contributed by atoms with Crippen LogP contribution >= 0.6 is 0 Å². The lowest BCUT2D eigenvalue weighted by molar-refractivity contribution is -0.117. The maximum atomic E-state index is 13.3. The van der Waals surface area contributed by atoms with Gasteiger partial charge in [-0.15, -0.1) is 0 Å². The van der Waals surface area contributed by atoms with Crippen LogP contribution in [0.3, 0.4) is 0 Å². The lowest BCUT2D eigenvalue weighted by Crippen LogP contribution is -2.25. The van der Waals surface area contributed by atoms with Crippen molar-refractivity contribution in [1.82, 2.24) is 4.98 Å². The maximum Gasteiger partial charge on any atom is 0.251 e. The molecule has 0 aliphatic carbocycles. The van der Waals surface area contributed by atoms with Crippen molar-refractivity contribution in [3.8, 4) is 0 Å². The summed E-state index contributed by atoms with van der Waals surface area (Å²) in [6.45, 7) is 2.17. The second-order valence-electron chi connectivity index (χ2n) is 7.17. The van der Waals surface area contributed by atoms with Gasteiger partial charge in [-0.1, -0.05) is 6.07 Å². The minimum absolute atomic E-state index is 0.0253. The second-order valence-corrected chi connectivity index (χ2v) is 7.17. The Bertz CT molecular complexity index is 1190. The average Bonchev–Trinajstić information content (AvgIpc) is 3.10. The highest BCUT2D eigenvalue weighted by atomic mass is 19.1. The summed E-state index contributed by atoms with van der Waals surface area (Å²) >= 11 is 0. The Balaban J connectivity index is 1.45. The molecule has 1 aliphatic rings. The molecule has 2 heterocycles. The number of hydrogen-bond donors (Lipinski definition) is 2. The maximum absolute atomic E-state index is 13.3. The molecule has 0 fully saturated rings. The number of rotatable bonds is 4. The first-order chi connectivity index (χ1) is 13.9. The van der Waals surface area contributed by atoms with Crippen molar-refractivity contribution >= 4 is 34.1 Å². The van der Waals surface area contributed by atoms with Gasteiger partial charge in [-0.05, 0) is 60.2 Å². The summed E-state index contributed by atoms with van der Waals surface area (Å²) in [4.78, 5) is 40.6. The van der Waals surface area contributed by atoms with Crippen molar-refractivity contribution in [3.63, 3.8) is 0 Å². The van der Waals surface area contributed by atoms with Gasteiger partial charge in [0.1, 0.15) is 5.82 Å². The summed E-state index contributed by atoms with van der Waals surface area (Å²) in [6.07, 6.45) is 1.19. The number of carbonyl (C=O) groups excluding carboxylic acids is 2. The van der Waals surface area contributed by atoms with Gasteiger partial charge in [-0.25, -0.2) is 4.39 Å². The van der Waals surface area contributed by atoms with E-state index in [9.17, 15) is 18.8 Å². The van der Waals surface area contributed by atoms with E-state index in [1.165, 1.54) is 19.1 Å². The summed E-state index contributed by atoms with van der Waals surface area (Å²) in [5.41, 5.74) is 3.09. The third-order valence-corrected chi connectivity index (χ3v) is 5.15. The van der Waals surface area contributed by atoms with Crippen molar-refractivity contribution in [2.45, 2.75) is 26.2 Å². The van der Waals surface area contributed by atoms with Crippen molar-refractivity contribution in [2.24, 2.45) is 0 Å². The molecule has 7 heteroatoms. The fourth-order valence-electron chi connectivity index (χ4n) is 3.66. The molecule has 1 aliphatic heterocycles. The summed E-state index contributed by atoms with van der Waals surface area (Å²) < 4.78 is 13.3. The highest BCUT2D eigenvalue weighted by Gasteiger charge is 2.22. The highest BCUT2D eigenvalue weighted by molar-refractivity contribution is 5.96. The number of carbonyl (C=O) groups is 2. The highest BCUT2D eigenvalue weighted by Crippen LogP contribution is 2.31. The van der Waals surface area contributed by atoms with E-state index in [1.807, 2.05) is 12.1 Å². The Morgan fingerprint density at radius 2 is 2.00 bits per heavy atom. The Kier molecular flexibility index (Phi) is 4.88. The van der Waals surface area contributed by atoms with E-state index >= 15 is 0 Å². The van der Waals surface area contributed by atoms with Gasteiger partial charge in [0.25, 0.3) is 5.56 Å². The number of pyridine rings is 1. The third kappa shape index (κ3) is 3.89. The number of amides is 2. The van der Waals surface area contributed by atoms with Gasteiger partial charge in [0.15, 0.2) is 0 Å². The summed E-state index contributed by atoms with van der Waals surface area (Å²) in [5.74, 6) is -0.670. The lowest BCUT2D eigenvalue weighted by atomic mass is 10.1. The molecule has 2 aromatic carbocycles. The predicted molar refractivity (Wildman–Crippen MR) is 110 cm³/mol.